The number of nitrogens with one attached hydrogen (secondary N) is 1. The quantitative estimate of drug-likeness (QED) is 0.261. The number of hydrogen-bond donors (Lipinski definition) is 1. The second kappa shape index (κ2) is 9.62. The van der Waals surface area contributed by atoms with Crippen LogP contribution < -0.4 is 10.9 Å². The number of aryl methyl sites for hydroxylation is 5. The van der Waals surface area contributed by atoms with E-state index in [-0.39, 0.29) is 6.61 Å². The van der Waals surface area contributed by atoms with Crippen molar-refractivity contribution in [2.24, 2.45) is 12.0 Å². The van der Waals surface area contributed by atoms with Gasteiger partial charge in [0.1, 0.15) is 11.3 Å². The normalized spacial score (nSPS) is 11.9. The number of aromatic nitrogens is 1. The Morgan fingerprint density at radius 3 is 2.16 bits per heavy atom. The number of carbonyl (C=O) groups excluding carboxylic acids is 1. The minimum atomic E-state index is -0.425. The standard InChI is InChI=1S/C31H31N3O3/c1-7-36-31(35)25-24-22-16-8-9-17-23(22)34(6)30(24)37-29(33-27-20(4)14-11-15-21(27)5)28(25)32-26-18(2)12-10-13-19(26)3/h8-17,32H,7H2,1-6H3. The van der Waals surface area contributed by atoms with Crippen molar-refractivity contribution in [2.75, 3.05) is 11.9 Å². The lowest BCUT2D eigenvalue weighted by Gasteiger charge is -2.17. The highest BCUT2D eigenvalue weighted by atomic mass is 16.5. The molecule has 2 heterocycles. The second-order valence-electron chi connectivity index (χ2n) is 9.38. The molecule has 0 aliphatic heterocycles. The zero-order chi connectivity index (χ0) is 26.3. The van der Waals surface area contributed by atoms with Crippen LogP contribution in [0.4, 0.5) is 17.1 Å². The third-order valence-corrected chi connectivity index (χ3v) is 6.82. The van der Waals surface area contributed by atoms with Crippen LogP contribution in [0.5, 0.6) is 0 Å². The Kier molecular flexibility index (Phi) is 6.34. The number of carbonyl (C=O) groups is 1. The van der Waals surface area contributed by atoms with E-state index in [1.807, 2.05) is 107 Å². The molecule has 0 bridgehead atoms. The average molecular weight is 494 g/mol. The van der Waals surface area contributed by atoms with Gasteiger partial charge in [0.15, 0.2) is 0 Å². The number of ether oxygens (including phenoxy) is 1. The van der Waals surface area contributed by atoms with Gasteiger partial charge in [0.05, 0.1) is 23.2 Å². The van der Waals surface area contributed by atoms with Crippen molar-refractivity contribution in [3.05, 3.63) is 94.0 Å². The van der Waals surface area contributed by atoms with Gasteiger partial charge in [-0.1, -0.05) is 54.6 Å². The SMILES string of the molecule is CCOC(=O)c1c(Nc2c(C)cccc2C)c(=Nc2c(C)cccc2C)oc2c1c1ccccc1n2C. The number of hydrogen-bond acceptors (Lipinski definition) is 5. The number of anilines is 2. The summed E-state index contributed by atoms with van der Waals surface area (Å²) in [7, 11) is 1.94. The number of para-hydroxylation sites is 3. The number of nitrogens with zero attached hydrogens (tertiary/aromatic N) is 2. The van der Waals surface area contributed by atoms with Crippen LogP contribution in [-0.2, 0) is 11.8 Å². The van der Waals surface area contributed by atoms with E-state index >= 15 is 0 Å². The fourth-order valence-electron chi connectivity index (χ4n) is 4.93. The van der Waals surface area contributed by atoms with E-state index in [2.05, 4.69) is 5.32 Å². The smallest absolute Gasteiger partial charge is 0.341 e. The van der Waals surface area contributed by atoms with Crippen molar-refractivity contribution >= 4 is 45.0 Å². The lowest BCUT2D eigenvalue weighted by atomic mass is 10.1. The molecule has 0 aliphatic carbocycles. The third kappa shape index (κ3) is 4.18. The summed E-state index contributed by atoms with van der Waals surface area (Å²) in [6.07, 6.45) is 0. The first-order chi connectivity index (χ1) is 17.8. The predicted molar refractivity (Wildman–Crippen MR) is 149 cm³/mol. The molecule has 3 aromatic carbocycles. The first kappa shape index (κ1) is 24.4. The third-order valence-electron chi connectivity index (χ3n) is 6.82. The minimum absolute atomic E-state index is 0.253. The maximum Gasteiger partial charge on any atom is 0.341 e. The molecule has 0 radical (unpaired) electrons. The highest BCUT2D eigenvalue weighted by Gasteiger charge is 2.26. The van der Waals surface area contributed by atoms with Gasteiger partial charge in [-0.25, -0.2) is 9.79 Å². The van der Waals surface area contributed by atoms with Crippen molar-refractivity contribution in [3.63, 3.8) is 0 Å². The fraction of sp³-hybridized carbons (Fsp3) is 0.226. The predicted octanol–water partition coefficient (Wildman–Crippen LogP) is 7.31. The number of fused-ring (bicyclic) bond motifs is 3. The van der Waals surface area contributed by atoms with E-state index in [1.54, 1.807) is 0 Å². The van der Waals surface area contributed by atoms with Gasteiger partial charge >= 0.3 is 5.97 Å². The molecule has 188 valence electrons. The summed E-state index contributed by atoms with van der Waals surface area (Å²) in [5, 5.41) is 5.16. The van der Waals surface area contributed by atoms with Crippen molar-refractivity contribution in [2.45, 2.75) is 34.6 Å². The van der Waals surface area contributed by atoms with Crippen molar-refractivity contribution in [1.29, 1.82) is 0 Å². The lowest BCUT2D eigenvalue weighted by Crippen LogP contribution is -2.18. The van der Waals surface area contributed by atoms with E-state index in [9.17, 15) is 4.79 Å². The summed E-state index contributed by atoms with van der Waals surface area (Å²) in [6, 6.07) is 20.1. The fourth-order valence-corrected chi connectivity index (χ4v) is 4.93. The highest BCUT2D eigenvalue weighted by molar-refractivity contribution is 6.18. The molecule has 6 heteroatoms. The topological polar surface area (TPSA) is 68.8 Å². The summed E-state index contributed by atoms with van der Waals surface area (Å²) < 4.78 is 14.1. The molecule has 5 aromatic rings. The number of esters is 1. The summed E-state index contributed by atoms with van der Waals surface area (Å²) in [5.41, 5.74) is 8.57. The molecule has 0 saturated heterocycles. The van der Waals surface area contributed by atoms with Gasteiger partial charge in [-0.15, -0.1) is 0 Å². The summed E-state index contributed by atoms with van der Waals surface area (Å²) in [4.78, 5) is 18.7. The Labute approximate surface area is 216 Å². The van der Waals surface area contributed by atoms with Gasteiger partial charge in [-0.3, -0.25) is 0 Å². The maximum absolute atomic E-state index is 13.7. The largest absolute Gasteiger partial charge is 0.462 e. The minimum Gasteiger partial charge on any atom is -0.462 e. The van der Waals surface area contributed by atoms with Crippen LogP contribution >= 0.6 is 0 Å². The van der Waals surface area contributed by atoms with Crippen LogP contribution in [0.2, 0.25) is 0 Å². The van der Waals surface area contributed by atoms with Crippen LogP contribution in [0, 0.1) is 27.7 Å². The van der Waals surface area contributed by atoms with E-state index in [4.69, 9.17) is 14.1 Å². The molecule has 0 fully saturated rings. The molecular weight excluding hydrogens is 462 g/mol. The Morgan fingerprint density at radius 2 is 1.51 bits per heavy atom. The Hall–Kier alpha value is -4.32. The summed E-state index contributed by atoms with van der Waals surface area (Å²) in [6.45, 7) is 10.2. The van der Waals surface area contributed by atoms with Crippen molar-refractivity contribution in [1.82, 2.24) is 4.57 Å². The van der Waals surface area contributed by atoms with Crippen LogP contribution in [-0.4, -0.2) is 17.1 Å². The Balaban J connectivity index is 1.98. The van der Waals surface area contributed by atoms with Crippen LogP contribution in [0.25, 0.3) is 22.0 Å². The number of rotatable bonds is 5. The van der Waals surface area contributed by atoms with Gasteiger partial charge < -0.3 is 19.0 Å². The Bertz CT molecular complexity index is 1700. The molecule has 2 aromatic heterocycles. The molecule has 0 spiro atoms. The second-order valence-corrected chi connectivity index (χ2v) is 9.38. The van der Waals surface area contributed by atoms with E-state index in [0.29, 0.717) is 27.9 Å². The molecule has 0 atom stereocenters. The average Bonchev–Trinajstić information content (AvgIpc) is 3.15. The van der Waals surface area contributed by atoms with E-state index < -0.39 is 5.97 Å². The van der Waals surface area contributed by atoms with E-state index in [0.717, 1.165) is 44.5 Å². The molecule has 0 aliphatic rings. The highest BCUT2D eigenvalue weighted by Crippen LogP contribution is 2.36. The zero-order valence-electron chi connectivity index (χ0n) is 22.1. The van der Waals surface area contributed by atoms with Crippen molar-refractivity contribution < 1.29 is 13.9 Å². The number of benzene rings is 3. The van der Waals surface area contributed by atoms with Gasteiger partial charge in [0.25, 0.3) is 0 Å². The molecule has 5 rings (SSSR count). The Morgan fingerprint density at radius 1 is 0.892 bits per heavy atom. The van der Waals surface area contributed by atoms with E-state index in [1.165, 1.54) is 0 Å². The molecule has 37 heavy (non-hydrogen) atoms. The van der Waals surface area contributed by atoms with Gasteiger partial charge in [0.2, 0.25) is 11.3 Å². The summed E-state index contributed by atoms with van der Waals surface area (Å²) >= 11 is 0. The lowest BCUT2D eigenvalue weighted by molar-refractivity contribution is 0.0529. The first-order valence-electron chi connectivity index (χ1n) is 12.5. The molecule has 6 nitrogen and oxygen atoms in total. The molecule has 1 N–H and O–H groups in total. The van der Waals surface area contributed by atoms with Gasteiger partial charge in [0, 0.05) is 18.1 Å². The summed E-state index contributed by atoms with van der Waals surface area (Å²) in [5.74, 6) is -0.425. The molecule has 0 amide bonds. The van der Waals surface area contributed by atoms with Crippen LogP contribution in [0.1, 0.15) is 39.5 Å². The maximum atomic E-state index is 13.7. The monoisotopic (exact) mass is 493 g/mol. The molecule has 0 unspecified atom stereocenters. The first-order valence-corrected chi connectivity index (χ1v) is 12.5. The van der Waals surface area contributed by atoms with Gasteiger partial charge in [-0.2, -0.15) is 0 Å². The zero-order valence-corrected chi connectivity index (χ0v) is 22.1. The molecular formula is C31H31N3O3. The molecule has 0 saturated carbocycles. The van der Waals surface area contributed by atoms with Crippen LogP contribution in [0.15, 0.2) is 70.1 Å². The van der Waals surface area contributed by atoms with Crippen molar-refractivity contribution in [3.8, 4) is 0 Å². The van der Waals surface area contributed by atoms with Gasteiger partial charge in [-0.05, 0) is 62.9 Å². The van der Waals surface area contributed by atoms with Crippen LogP contribution in [0.3, 0.4) is 0 Å².